The smallest absolute Gasteiger partial charge is 0.317 e. The average molecular weight is 275 g/mol. The van der Waals surface area contributed by atoms with Crippen LogP contribution in [0.3, 0.4) is 0 Å². The topological polar surface area (TPSA) is 45.2 Å². The highest BCUT2D eigenvalue weighted by molar-refractivity contribution is 7.09. The number of hydrogen-bond donors (Lipinski definition) is 1. The van der Waals surface area contributed by atoms with Gasteiger partial charge in [-0.25, -0.2) is 9.78 Å². The summed E-state index contributed by atoms with van der Waals surface area (Å²) in [6.45, 7) is 2.53. The number of benzene rings is 1. The van der Waals surface area contributed by atoms with E-state index in [9.17, 15) is 4.79 Å². The quantitative estimate of drug-likeness (QED) is 0.932. The van der Waals surface area contributed by atoms with Crippen molar-refractivity contribution in [2.24, 2.45) is 0 Å². The van der Waals surface area contributed by atoms with E-state index in [1.807, 2.05) is 42.6 Å². The molecule has 1 unspecified atom stereocenters. The normalized spacial score (nSPS) is 11.9. The molecule has 0 radical (unpaired) electrons. The molecule has 2 amide bonds. The molecular weight excluding hydrogens is 258 g/mol. The first-order chi connectivity index (χ1) is 9.16. The Bertz CT molecular complexity index is 513. The Morgan fingerprint density at radius 2 is 2.16 bits per heavy atom. The highest BCUT2D eigenvalue weighted by atomic mass is 32.1. The van der Waals surface area contributed by atoms with Gasteiger partial charge >= 0.3 is 6.03 Å². The van der Waals surface area contributed by atoms with E-state index >= 15 is 0 Å². The van der Waals surface area contributed by atoms with Crippen molar-refractivity contribution in [3.63, 3.8) is 0 Å². The molecule has 1 aromatic heterocycles. The predicted octanol–water partition coefficient (Wildman–Crippen LogP) is 3.05. The molecule has 0 spiro atoms. The van der Waals surface area contributed by atoms with Crippen LogP contribution in [0.1, 0.15) is 23.5 Å². The van der Waals surface area contributed by atoms with Gasteiger partial charge in [-0.05, 0) is 12.5 Å². The molecule has 2 rings (SSSR count). The third-order valence-corrected chi connectivity index (χ3v) is 3.73. The van der Waals surface area contributed by atoms with Crippen molar-refractivity contribution in [2.75, 3.05) is 7.05 Å². The SMILES string of the molecule is CC(NC(=O)N(C)Cc1ccccc1)c1nccs1. The van der Waals surface area contributed by atoms with Crippen LogP contribution in [0.4, 0.5) is 4.79 Å². The van der Waals surface area contributed by atoms with Crippen LogP contribution < -0.4 is 5.32 Å². The average Bonchev–Trinajstić information content (AvgIpc) is 2.93. The fourth-order valence-electron chi connectivity index (χ4n) is 1.73. The number of hydrogen-bond acceptors (Lipinski definition) is 3. The van der Waals surface area contributed by atoms with Crippen LogP contribution in [0.25, 0.3) is 0 Å². The number of aromatic nitrogens is 1. The number of carbonyl (C=O) groups excluding carboxylic acids is 1. The van der Waals surface area contributed by atoms with Crippen LogP contribution in [-0.2, 0) is 6.54 Å². The lowest BCUT2D eigenvalue weighted by Crippen LogP contribution is -2.38. The lowest BCUT2D eigenvalue weighted by molar-refractivity contribution is 0.203. The van der Waals surface area contributed by atoms with Gasteiger partial charge in [-0.15, -0.1) is 11.3 Å². The van der Waals surface area contributed by atoms with Gasteiger partial charge in [0.15, 0.2) is 0 Å². The molecule has 19 heavy (non-hydrogen) atoms. The largest absolute Gasteiger partial charge is 0.329 e. The van der Waals surface area contributed by atoms with Crippen LogP contribution in [0.15, 0.2) is 41.9 Å². The van der Waals surface area contributed by atoms with Crippen molar-refractivity contribution in [2.45, 2.75) is 19.5 Å². The molecule has 5 heteroatoms. The zero-order valence-corrected chi connectivity index (χ0v) is 11.9. The number of amides is 2. The van der Waals surface area contributed by atoms with Crippen LogP contribution in [0.5, 0.6) is 0 Å². The third-order valence-electron chi connectivity index (χ3n) is 2.77. The van der Waals surface area contributed by atoms with E-state index in [-0.39, 0.29) is 12.1 Å². The first-order valence-electron chi connectivity index (χ1n) is 6.12. The molecule has 0 aliphatic carbocycles. The first kappa shape index (κ1) is 13.5. The number of urea groups is 1. The number of nitrogens with zero attached hydrogens (tertiary/aromatic N) is 2. The van der Waals surface area contributed by atoms with Gasteiger partial charge in [0.25, 0.3) is 0 Å². The second-order valence-corrected chi connectivity index (χ2v) is 5.31. The molecule has 0 bridgehead atoms. The summed E-state index contributed by atoms with van der Waals surface area (Å²) in [6.07, 6.45) is 1.75. The third kappa shape index (κ3) is 3.79. The summed E-state index contributed by atoms with van der Waals surface area (Å²) in [5.74, 6) is 0. The molecule has 4 nitrogen and oxygen atoms in total. The van der Waals surface area contributed by atoms with Crippen molar-refractivity contribution >= 4 is 17.4 Å². The van der Waals surface area contributed by atoms with E-state index in [1.165, 1.54) is 0 Å². The highest BCUT2D eigenvalue weighted by Gasteiger charge is 2.14. The van der Waals surface area contributed by atoms with Crippen molar-refractivity contribution in [1.29, 1.82) is 0 Å². The highest BCUT2D eigenvalue weighted by Crippen LogP contribution is 2.15. The van der Waals surface area contributed by atoms with Crippen LogP contribution in [0, 0.1) is 0 Å². The number of carbonyl (C=O) groups is 1. The molecule has 1 atom stereocenters. The van der Waals surface area contributed by atoms with Gasteiger partial charge in [0.2, 0.25) is 0 Å². The van der Waals surface area contributed by atoms with Crippen molar-refractivity contribution in [1.82, 2.24) is 15.2 Å². The fraction of sp³-hybridized carbons (Fsp3) is 0.286. The lowest BCUT2D eigenvalue weighted by atomic mass is 10.2. The van der Waals surface area contributed by atoms with Gasteiger partial charge < -0.3 is 10.2 Å². The molecule has 1 aromatic carbocycles. The summed E-state index contributed by atoms with van der Waals surface area (Å²) in [5.41, 5.74) is 1.11. The van der Waals surface area contributed by atoms with E-state index in [1.54, 1.807) is 29.5 Å². The Labute approximate surface area is 117 Å². The summed E-state index contributed by atoms with van der Waals surface area (Å²) < 4.78 is 0. The lowest BCUT2D eigenvalue weighted by Gasteiger charge is -2.20. The molecule has 2 aromatic rings. The summed E-state index contributed by atoms with van der Waals surface area (Å²) in [4.78, 5) is 17.9. The minimum Gasteiger partial charge on any atom is -0.329 e. The standard InChI is InChI=1S/C14H17N3OS/c1-11(13-15-8-9-19-13)16-14(18)17(2)10-12-6-4-3-5-7-12/h3-9,11H,10H2,1-2H3,(H,16,18). The molecule has 100 valence electrons. The second kappa shape index (κ2) is 6.33. The number of nitrogens with one attached hydrogen (secondary N) is 1. The van der Waals surface area contributed by atoms with Gasteiger partial charge in [0, 0.05) is 25.2 Å². The van der Waals surface area contributed by atoms with E-state index in [4.69, 9.17) is 0 Å². The summed E-state index contributed by atoms with van der Waals surface area (Å²) in [7, 11) is 1.79. The maximum Gasteiger partial charge on any atom is 0.317 e. The number of rotatable bonds is 4. The maximum atomic E-state index is 12.0. The Balaban J connectivity index is 1.89. The van der Waals surface area contributed by atoms with E-state index < -0.39 is 0 Å². The Kier molecular flexibility index (Phi) is 4.52. The zero-order valence-electron chi connectivity index (χ0n) is 11.0. The van der Waals surface area contributed by atoms with Gasteiger partial charge in [0.1, 0.15) is 5.01 Å². The molecule has 1 heterocycles. The maximum absolute atomic E-state index is 12.0. The summed E-state index contributed by atoms with van der Waals surface area (Å²) in [5, 5.41) is 5.76. The molecule has 0 fully saturated rings. The first-order valence-corrected chi connectivity index (χ1v) is 6.99. The van der Waals surface area contributed by atoms with Crippen LogP contribution in [0.2, 0.25) is 0 Å². The Morgan fingerprint density at radius 3 is 2.79 bits per heavy atom. The fourth-order valence-corrected chi connectivity index (χ4v) is 2.38. The van der Waals surface area contributed by atoms with Crippen molar-refractivity contribution in [3.05, 3.63) is 52.5 Å². The van der Waals surface area contributed by atoms with Crippen molar-refractivity contribution in [3.8, 4) is 0 Å². The second-order valence-electron chi connectivity index (χ2n) is 4.38. The molecular formula is C14H17N3OS. The van der Waals surface area contributed by atoms with E-state index in [0.717, 1.165) is 10.6 Å². The van der Waals surface area contributed by atoms with Crippen molar-refractivity contribution < 1.29 is 4.79 Å². The van der Waals surface area contributed by atoms with Crippen LogP contribution in [-0.4, -0.2) is 23.0 Å². The Morgan fingerprint density at radius 1 is 1.42 bits per heavy atom. The summed E-state index contributed by atoms with van der Waals surface area (Å²) >= 11 is 1.54. The minimum atomic E-state index is -0.0912. The van der Waals surface area contributed by atoms with Gasteiger partial charge in [-0.3, -0.25) is 0 Å². The Hall–Kier alpha value is -1.88. The predicted molar refractivity (Wildman–Crippen MR) is 77.0 cm³/mol. The van der Waals surface area contributed by atoms with Gasteiger partial charge in [0.05, 0.1) is 6.04 Å². The summed E-state index contributed by atoms with van der Waals surface area (Å²) in [6, 6.07) is 9.77. The molecule has 0 aliphatic rings. The molecule has 0 aliphatic heterocycles. The molecule has 0 saturated carbocycles. The zero-order chi connectivity index (χ0) is 13.7. The van der Waals surface area contributed by atoms with Gasteiger partial charge in [-0.2, -0.15) is 0 Å². The number of thiazole rings is 1. The minimum absolute atomic E-state index is 0.0641. The molecule has 1 N–H and O–H groups in total. The monoisotopic (exact) mass is 275 g/mol. The molecule has 0 saturated heterocycles. The van der Waals surface area contributed by atoms with Gasteiger partial charge in [-0.1, -0.05) is 30.3 Å². The van der Waals surface area contributed by atoms with E-state index in [0.29, 0.717) is 6.54 Å². The van der Waals surface area contributed by atoms with E-state index in [2.05, 4.69) is 10.3 Å². The van der Waals surface area contributed by atoms with Crippen LogP contribution >= 0.6 is 11.3 Å².